The van der Waals surface area contributed by atoms with Gasteiger partial charge < -0.3 is 9.84 Å². The molecule has 1 aromatic heterocycles. The van der Waals surface area contributed by atoms with Crippen molar-refractivity contribution in [3.8, 4) is 0 Å². The van der Waals surface area contributed by atoms with E-state index in [0.29, 0.717) is 6.61 Å². The standard InChI is InChI=1S/C14H22N2O2/c1-2-16(9-13-5-3-4-7-15-13)10-14(11-17)6-8-18-12-14/h3-5,7,17H,2,6,8-12H2,1H3. The first-order valence-corrected chi connectivity index (χ1v) is 6.59. The summed E-state index contributed by atoms with van der Waals surface area (Å²) in [6, 6.07) is 5.98. The third-order valence-electron chi connectivity index (χ3n) is 3.64. The van der Waals surface area contributed by atoms with Gasteiger partial charge in [0.1, 0.15) is 0 Å². The van der Waals surface area contributed by atoms with Gasteiger partial charge in [0.2, 0.25) is 0 Å². The fraction of sp³-hybridized carbons (Fsp3) is 0.643. The summed E-state index contributed by atoms with van der Waals surface area (Å²) >= 11 is 0. The predicted molar refractivity (Wildman–Crippen MR) is 70.1 cm³/mol. The maximum atomic E-state index is 9.60. The van der Waals surface area contributed by atoms with E-state index in [0.717, 1.165) is 38.4 Å². The van der Waals surface area contributed by atoms with Crippen molar-refractivity contribution >= 4 is 0 Å². The smallest absolute Gasteiger partial charge is 0.0557 e. The summed E-state index contributed by atoms with van der Waals surface area (Å²) in [5.74, 6) is 0. The first-order valence-electron chi connectivity index (χ1n) is 6.59. The van der Waals surface area contributed by atoms with Gasteiger partial charge in [0, 0.05) is 31.3 Å². The molecule has 0 aliphatic carbocycles. The molecule has 1 unspecified atom stereocenters. The SMILES string of the molecule is CCN(Cc1ccccn1)CC1(CO)CCOC1. The van der Waals surface area contributed by atoms with Crippen LogP contribution in [-0.2, 0) is 11.3 Å². The van der Waals surface area contributed by atoms with Gasteiger partial charge in [-0.2, -0.15) is 0 Å². The molecule has 100 valence electrons. The third kappa shape index (κ3) is 3.28. The highest BCUT2D eigenvalue weighted by atomic mass is 16.5. The highest BCUT2D eigenvalue weighted by Gasteiger charge is 2.35. The zero-order valence-corrected chi connectivity index (χ0v) is 11.0. The molecule has 0 amide bonds. The second-order valence-electron chi connectivity index (χ2n) is 5.09. The Bertz CT molecular complexity index is 350. The van der Waals surface area contributed by atoms with Gasteiger partial charge in [0.25, 0.3) is 0 Å². The summed E-state index contributed by atoms with van der Waals surface area (Å²) in [5.41, 5.74) is 0.997. The lowest BCUT2D eigenvalue weighted by Gasteiger charge is -2.32. The van der Waals surface area contributed by atoms with Gasteiger partial charge in [-0.25, -0.2) is 0 Å². The van der Waals surface area contributed by atoms with Crippen molar-refractivity contribution in [3.63, 3.8) is 0 Å². The molecule has 1 fully saturated rings. The van der Waals surface area contributed by atoms with Crippen molar-refractivity contribution in [2.75, 3.05) is 32.9 Å². The Balaban J connectivity index is 1.96. The van der Waals surface area contributed by atoms with E-state index in [1.54, 1.807) is 0 Å². The fourth-order valence-corrected chi connectivity index (χ4v) is 2.42. The molecule has 1 aliphatic heterocycles. The first kappa shape index (κ1) is 13.5. The number of hydrogen-bond donors (Lipinski definition) is 1. The minimum absolute atomic E-state index is 0.0786. The van der Waals surface area contributed by atoms with Gasteiger partial charge in [0.05, 0.1) is 18.9 Å². The average molecular weight is 250 g/mol. The number of hydrogen-bond acceptors (Lipinski definition) is 4. The summed E-state index contributed by atoms with van der Waals surface area (Å²) in [6.45, 7) is 6.44. The molecule has 18 heavy (non-hydrogen) atoms. The highest BCUT2D eigenvalue weighted by molar-refractivity contribution is 5.03. The maximum absolute atomic E-state index is 9.60. The Morgan fingerprint density at radius 1 is 1.50 bits per heavy atom. The molecular formula is C14H22N2O2. The largest absolute Gasteiger partial charge is 0.396 e. The van der Waals surface area contributed by atoms with Crippen LogP contribution in [0.3, 0.4) is 0 Å². The van der Waals surface area contributed by atoms with Crippen molar-refractivity contribution in [1.29, 1.82) is 0 Å². The van der Waals surface area contributed by atoms with Gasteiger partial charge in [-0.15, -0.1) is 0 Å². The van der Waals surface area contributed by atoms with Crippen LogP contribution in [0.4, 0.5) is 0 Å². The van der Waals surface area contributed by atoms with Crippen LogP contribution in [0.2, 0.25) is 0 Å². The highest BCUT2D eigenvalue weighted by Crippen LogP contribution is 2.29. The van der Waals surface area contributed by atoms with E-state index in [4.69, 9.17) is 4.74 Å². The fourth-order valence-electron chi connectivity index (χ4n) is 2.42. The van der Waals surface area contributed by atoms with Crippen LogP contribution in [0.15, 0.2) is 24.4 Å². The molecule has 1 saturated heterocycles. The predicted octanol–water partition coefficient (Wildman–Crippen LogP) is 1.30. The molecule has 4 nitrogen and oxygen atoms in total. The van der Waals surface area contributed by atoms with Crippen molar-refractivity contribution < 1.29 is 9.84 Å². The van der Waals surface area contributed by atoms with Gasteiger partial charge in [0.15, 0.2) is 0 Å². The van der Waals surface area contributed by atoms with E-state index >= 15 is 0 Å². The number of rotatable bonds is 6. The zero-order valence-electron chi connectivity index (χ0n) is 11.0. The molecule has 2 heterocycles. The quantitative estimate of drug-likeness (QED) is 0.826. The Labute approximate surface area is 109 Å². The van der Waals surface area contributed by atoms with Crippen molar-refractivity contribution in [3.05, 3.63) is 30.1 Å². The Hall–Kier alpha value is -0.970. The molecule has 1 N–H and O–H groups in total. The number of aromatic nitrogens is 1. The molecule has 0 bridgehead atoms. The number of ether oxygens (including phenoxy) is 1. The van der Waals surface area contributed by atoms with Crippen LogP contribution >= 0.6 is 0 Å². The minimum Gasteiger partial charge on any atom is -0.396 e. The number of pyridine rings is 1. The molecule has 0 radical (unpaired) electrons. The summed E-state index contributed by atoms with van der Waals surface area (Å²) in [6.07, 6.45) is 2.77. The van der Waals surface area contributed by atoms with Crippen LogP contribution in [0.5, 0.6) is 0 Å². The molecule has 1 aliphatic rings. The minimum atomic E-state index is -0.0786. The van der Waals surface area contributed by atoms with E-state index in [2.05, 4.69) is 16.8 Å². The van der Waals surface area contributed by atoms with Crippen LogP contribution in [0.1, 0.15) is 19.0 Å². The Kier molecular flexibility index (Phi) is 4.69. The van der Waals surface area contributed by atoms with Crippen LogP contribution in [-0.4, -0.2) is 47.9 Å². The number of nitrogens with zero attached hydrogens (tertiary/aromatic N) is 2. The van der Waals surface area contributed by atoms with Crippen LogP contribution in [0, 0.1) is 5.41 Å². The van der Waals surface area contributed by atoms with E-state index in [-0.39, 0.29) is 12.0 Å². The lowest BCUT2D eigenvalue weighted by molar-refractivity contribution is 0.0555. The molecule has 1 atom stereocenters. The van der Waals surface area contributed by atoms with Gasteiger partial charge in [-0.1, -0.05) is 13.0 Å². The molecule has 0 spiro atoms. The van der Waals surface area contributed by atoms with E-state index in [9.17, 15) is 5.11 Å². The maximum Gasteiger partial charge on any atom is 0.0557 e. The van der Waals surface area contributed by atoms with Crippen molar-refractivity contribution in [2.45, 2.75) is 19.9 Å². The average Bonchev–Trinajstić information content (AvgIpc) is 2.88. The Morgan fingerprint density at radius 2 is 2.39 bits per heavy atom. The second kappa shape index (κ2) is 6.27. The van der Waals surface area contributed by atoms with E-state index in [1.807, 2.05) is 24.4 Å². The van der Waals surface area contributed by atoms with Gasteiger partial charge in [-0.05, 0) is 25.1 Å². The lowest BCUT2D eigenvalue weighted by Crippen LogP contribution is -2.40. The Morgan fingerprint density at radius 3 is 2.94 bits per heavy atom. The number of aliphatic hydroxyl groups excluding tert-OH is 1. The zero-order chi connectivity index (χ0) is 12.8. The first-order chi connectivity index (χ1) is 8.78. The molecular weight excluding hydrogens is 228 g/mol. The summed E-state index contributed by atoms with van der Waals surface area (Å²) in [4.78, 5) is 6.68. The van der Waals surface area contributed by atoms with Crippen LogP contribution < -0.4 is 0 Å². The number of aliphatic hydroxyl groups is 1. The third-order valence-corrected chi connectivity index (χ3v) is 3.64. The van der Waals surface area contributed by atoms with Gasteiger partial charge in [-0.3, -0.25) is 9.88 Å². The summed E-state index contributed by atoms with van der Waals surface area (Å²) < 4.78 is 5.44. The summed E-state index contributed by atoms with van der Waals surface area (Å²) in [5, 5.41) is 9.60. The van der Waals surface area contributed by atoms with Crippen molar-refractivity contribution in [2.24, 2.45) is 5.41 Å². The van der Waals surface area contributed by atoms with Gasteiger partial charge >= 0.3 is 0 Å². The lowest BCUT2D eigenvalue weighted by atomic mass is 9.87. The topological polar surface area (TPSA) is 45.6 Å². The summed E-state index contributed by atoms with van der Waals surface area (Å²) in [7, 11) is 0. The van der Waals surface area contributed by atoms with Crippen LogP contribution in [0.25, 0.3) is 0 Å². The van der Waals surface area contributed by atoms with Crippen molar-refractivity contribution in [1.82, 2.24) is 9.88 Å². The normalized spacial score (nSPS) is 23.7. The van der Waals surface area contributed by atoms with E-state index in [1.165, 1.54) is 0 Å². The van der Waals surface area contributed by atoms with E-state index < -0.39 is 0 Å². The molecule has 0 saturated carbocycles. The second-order valence-corrected chi connectivity index (χ2v) is 5.09. The molecule has 2 rings (SSSR count). The monoisotopic (exact) mass is 250 g/mol. The molecule has 1 aromatic rings. The molecule has 0 aromatic carbocycles. The molecule has 4 heteroatoms.